The van der Waals surface area contributed by atoms with E-state index in [1.807, 2.05) is 48.5 Å². The van der Waals surface area contributed by atoms with Gasteiger partial charge in [0.05, 0.1) is 14.2 Å². The lowest BCUT2D eigenvalue weighted by Crippen LogP contribution is -2.01. The molecule has 1 atom stereocenters. The third-order valence-electron chi connectivity index (χ3n) is 4.06. The molecule has 0 amide bonds. The molecule has 3 heteroatoms. The highest BCUT2D eigenvalue weighted by Gasteiger charge is 2.14. The van der Waals surface area contributed by atoms with Gasteiger partial charge in [-0.1, -0.05) is 60.7 Å². The minimum Gasteiger partial charge on any atom is -0.493 e. The Morgan fingerprint density at radius 3 is 1.88 bits per heavy atom. The van der Waals surface area contributed by atoms with Gasteiger partial charge >= 0.3 is 0 Å². The van der Waals surface area contributed by atoms with E-state index in [2.05, 4.69) is 12.1 Å². The van der Waals surface area contributed by atoms with Crippen LogP contribution in [0.25, 0.3) is 11.1 Å². The summed E-state index contributed by atoms with van der Waals surface area (Å²) >= 11 is 0. The molecule has 3 aromatic rings. The zero-order valence-electron chi connectivity index (χ0n) is 13.8. The van der Waals surface area contributed by atoms with Gasteiger partial charge in [-0.25, -0.2) is 0 Å². The fraction of sp³-hybridized carbons (Fsp3) is 0.143. The monoisotopic (exact) mass is 320 g/mol. The third-order valence-corrected chi connectivity index (χ3v) is 4.06. The number of aliphatic hydroxyl groups is 1. The molecule has 0 heterocycles. The van der Waals surface area contributed by atoms with Crippen molar-refractivity contribution in [3.63, 3.8) is 0 Å². The maximum atomic E-state index is 10.6. The number of hydrogen-bond acceptors (Lipinski definition) is 3. The summed E-state index contributed by atoms with van der Waals surface area (Å²) in [6, 6.07) is 23.6. The average molecular weight is 320 g/mol. The number of benzene rings is 3. The van der Waals surface area contributed by atoms with E-state index in [9.17, 15) is 5.11 Å². The Labute approximate surface area is 142 Å². The highest BCUT2D eigenvalue weighted by Crippen LogP contribution is 2.32. The van der Waals surface area contributed by atoms with Crippen LogP contribution in [0.3, 0.4) is 0 Å². The first kappa shape index (κ1) is 16.1. The van der Waals surface area contributed by atoms with Gasteiger partial charge < -0.3 is 14.6 Å². The molecular weight excluding hydrogens is 300 g/mol. The Morgan fingerprint density at radius 1 is 0.667 bits per heavy atom. The molecular formula is C21H20O3. The van der Waals surface area contributed by atoms with Crippen LogP contribution in [0, 0.1) is 0 Å². The predicted octanol–water partition coefficient (Wildman–Crippen LogP) is 4.45. The molecule has 0 saturated carbocycles. The molecule has 1 N–H and O–H groups in total. The van der Waals surface area contributed by atoms with Crippen LogP contribution in [0.15, 0.2) is 72.8 Å². The molecule has 3 rings (SSSR count). The first-order valence-corrected chi connectivity index (χ1v) is 7.78. The van der Waals surface area contributed by atoms with E-state index < -0.39 is 6.10 Å². The van der Waals surface area contributed by atoms with Crippen LogP contribution in [0.1, 0.15) is 17.2 Å². The lowest BCUT2D eigenvalue weighted by Gasteiger charge is -2.15. The standard InChI is InChI=1S/C21H20O3/c1-23-19-13-12-18(14-20(19)24-2)21(22)17-10-8-16(9-11-17)15-6-4-3-5-7-15/h3-14,21-22H,1-2H3/t21-/m0/s1. The number of aliphatic hydroxyl groups excluding tert-OH is 1. The van der Waals surface area contributed by atoms with Crippen molar-refractivity contribution < 1.29 is 14.6 Å². The van der Waals surface area contributed by atoms with E-state index in [0.717, 1.165) is 22.3 Å². The fourth-order valence-electron chi connectivity index (χ4n) is 2.70. The summed E-state index contributed by atoms with van der Waals surface area (Å²) in [4.78, 5) is 0. The molecule has 3 aromatic carbocycles. The van der Waals surface area contributed by atoms with Crippen LogP contribution in [-0.2, 0) is 0 Å². The molecule has 0 unspecified atom stereocenters. The van der Waals surface area contributed by atoms with Gasteiger partial charge in [-0.2, -0.15) is 0 Å². The Bertz CT molecular complexity index is 795. The minimum absolute atomic E-state index is 0.606. The van der Waals surface area contributed by atoms with Crippen LogP contribution >= 0.6 is 0 Å². The SMILES string of the molecule is COc1ccc([C@@H](O)c2ccc(-c3ccccc3)cc2)cc1OC. The van der Waals surface area contributed by atoms with Crippen LogP contribution in [0.5, 0.6) is 11.5 Å². The molecule has 0 spiro atoms. The van der Waals surface area contributed by atoms with E-state index in [1.54, 1.807) is 26.4 Å². The maximum absolute atomic E-state index is 10.6. The van der Waals surface area contributed by atoms with E-state index in [0.29, 0.717) is 11.5 Å². The summed E-state index contributed by atoms with van der Waals surface area (Å²) in [5.41, 5.74) is 3.88. The van der Waals surface area contributed by atoms with E-state index in [4.69, 9.17) is 9.47 Å². The van der Waals surface area contributed by atoms with Crippen molar-refractivity contribution in [3.05, 3.63) is 83.9 Å². The zero-order chi connectivity index (χ0) is 16.9. The highest BCUT2D eigenvalue weighted by atomic mass is 16.5. The Hall–Kier alpha value is -2.78. The van der Waals surface area contributed by atoms with E-state index in [-0.39, 0.29) is 0 Å². The van der Waals surface area contributed by atoms with Gasteiger partial charge in [0.1, 0.15) is 6.10 Å². The molecule has 0 aliphatic rings. The molecule has 0 saturated heterocycles. The van der Waals surface area contributed by atoms with Gasteiger partial charge in [0.15, 0.2) is 11.5 Å². The third kappa shape index (κ3) is 3.26. The maximum Gasteiger partial charge on any atom is 0.161 e. The van der Waals surface area contributed by atoms with E-state index in [1.165, 1.54) is 0 Å². The molecule has 0 aromatic heterocycles. The van der Waals surface area contributed by atoms with Gasteiger partial charge in [0.25, 0.3) is 0 Å². The van der Waals surface area contributed by atoms with Gasteiger partial charge in [-0.15, -0.1) is 0 Å². The van der Waals surface area contributed by atoms with Crippen molar-refractivity contribution >= 4 is 0 Å². The lowest BCUT2D eigenvalue weighted by atomic mass is 9.98. The van der Waals surface area contributed by atoms with Crippen LogP contribution in [-0.4, -0.2) is 19.3 Å². The molecule has 0 aliphatic carbocycles. The average Bonchev–Trinajstić information content (AvgIpc) is 2.67. The van der Waals surface area contributed by atoms with Gasteiger partial charge in [0.2, 0.25) is 0 Å². The van der Waals surface area contributed by atoms with Crippen molar-refractivity contribution in [3.8, 4) is 22.6 Å². The second-order valence-corrected chi connectivity index (χ2v) is 5.50. The number of rotatable bonds is 5. The molecule has 0 aliphatic heterocycles. The zero-order valence-corrected chi connectivity index (χ0v) is 13.8. The van der Waals surface area contributed by atoms with Crippen molar-refractivity contribution in [2.75, 3.05) is 14.2 Å². The van der Waals surface area contributed by atoms with Crippen molar-refractivity contribution in [2.24, 2.45) is 0 Å². The molecule has 24 heavy (non-hydrogen) atoms. The Kier molecular flexibility index (Phi) is 4.82. The highest BCUT2D eigenvalue weighted by molar-refractivity contribution is 5.63. The molecule has 122 valence electrons. The Morgan fingerprint density at radius 2 is 1.25 bits per heavy atom. The van der Waals surface area contributed by atoms with Gasteiger partial charge in [-0.05, 0) is 34.4 Å². The summed E-state index contributed by atoms with van der Waals surface area (Å²) < 4.78 is 10.5. The molecule has 0 radical (unpaired) electrons. The van der Waals surface area contributed by atoms with Crippen LogP contribution in [0.2, 0.25) is 0 Å². The quantitative estimate of drug-likeness (QED) is 0.754. The Balaban J connectivity index is 1.86. The summed E-state index contributed by atoms with van der Waals surface area (Å²) in [5, 5.41) is 10.6. The molecule has 3 nitrogen and oxygen atoms in total. The predicted molar refractivity (Wildman–Crippen MR) is 95.5 cm³/mol. The van der Waals surface area contributed by atoms with Crippen molar-refractivity contribution in [2.45, 2.75) is 6.10 Å². The van der Waals surface area contributed by atoms with Crippen molar-refractivity contribution in [1.82, 2.24) is 0 Å². The van der Waals surface area contributed by atoms with Crippen LogP contribution < -0.4 is 9.47 Å². The number of ether oxygens (including phenoxy) is 2. The minimum atomic E-state index is -0.713. The number of hydrogen-bond donors (Lipinski definition) is 1. The lowest BCUT2D eigenvalue weighted by molar-refractivity contribution is 0.219. The largest absolute Gasteiger partial charge is 0.493 e. The first-order valence-electron chi connectivity index (χ1n) is 7.78. The normalized spacial score (nSPS) is 11.8. The fourth-order valence-corrected chi connectivity index (χ4v) is 2.70. The summed E-state index contributed by atoms with van der Waals surface area (Å²) in [5.74, 6) is 1.25. The summed E-state index contributed by atoms with van der Waals surface area (Å²) in [6.07, 6.45) is -0.713. The smallest absolute Gasteiger partial charge is 0.161 e. The molecule has 0 bridgehead atoms. The molecule has 0 fully saturated rings. The van der Waals surface area contributed by atoms with Crippen LogP contribution in [0.4, 0.5) is 0 Å². The second kappa shape index (κ2) is 7.20. The second-order valence-electron chi connectivity index (χ2n) is 5.50. The van der Waals surface area contributed by atoms with Gasteiger partial charge in [0, 0.05) is 0 Å². The van der Waals surface area contributed by atoms with Crippen molar-refractivity contribution in [1.29, 1.82) is 0 Å². The first-order chi connectivity index (χ1) is 11.7. The van der Waals surface area contributed by atoms with E-state index >= 15 is 0 Å². The summed E-state index contributed by atoms with van der Waals surface area (Å²) in [6.45, 7) is 0. The number of methoxy groups -OCH3 is 2. The topological polar surface area (TPSA) is 38.7 Å². The summed E-state index contributed by atoms with van der Waals surface area (Å²) in [7, 11) is 3.18. The van der Waals surface area contributed by atoms with Gasteiger partial charge in [-0.3, -0.25) is 0 Å².